The van der Waals surface area contributed by atoms with Crippen LogP contribution in [0.1, 0.15) is 37.6 Å². The van der Waals surface area contributed by atoms with E-state index < -0.39 is 5.97 Å². The minimum atomic E-state index is -0.468. The first-order valence-electron chi connectivity index (χ1n) is 6.07. The molecule has 1 saturated carbocycles. The lowest BCUT2D eigenvalue weighted by Crippen LogP contribution is -2.23. The lowest BCUT2D eigenvalue weighted by Gasteiger charge is -2.06. The zero-order chi connectivity index (χ0) is 13.3. The minimum Gasteiger partial charge on any atom is -0.466 e. The van der Waals surface area contributed by atoms with Crippen LogP contribution in [0.5, 0.6) is 0 Å². The highest BCUT2D eigenvalue weighted by atomic mass is 16.5. The Hall–Kier alpha value is -1.85. The largest absolute Gasteiger partial charge is 0.466 e. The number of aromatic nitrogens is 2. The first-order valence-corrected chi connectivity index (χ1v) is 6.07. The first-order chi connectivity index (χ1) is 8.52. The van der Waals surface area contributed by atoms with Crippen molar-refractivity contribution in [3.8, 4) is 0 Å². The maximum absolute atomic E-state index is 11.9. The smallest absolute Gasteiger partial charge is 0.310 e. The maximum atomic E-state index is 11.9. The fourth-order valence-corrected chi connectivity index (χ4v) is 1.94. The van der Waals surface area contributed by atoms with E-state index in [4.69, 9.17) is 10.5 Å². The van der Waals surface area contributed by atoms with Crippen LogP contribution >= 0.6 is 0 Å². The van der Waals surface area contributed by atoms with Gasteiger partial charge in [-0.05, 0) is 19.3 Å². The van der Waals surface area contributed by atoms with Crippen molar-refractivity contribution in [2.45, 2.75) is 32.6 Å². The zero-order valence-electron chi connectivity index (χ0n) is 10.5. The van der Waals surface area contributed by atoms with Crippen molar-refractivity contribution in [1.29, 1.82) is 0 Å². The summed E-state index contributed by atoms with van der Waals surface area (Å²) < 4.78 is 4.79. The second-order valence-electron chi connectivity index (χ2n) is 4.62. The summed E-state index contributed by atoms with van der Waals surface area (Å²) in [4.78, 5) is 30.1. The third-order valence-electron chi connectivity index (χ3n) is 3.15. The van der Waals surface area contributed by atoms with E-state index in [1.54, 1.807) is 6.92 Å². The van der Waals surface area contributed by atoms with Gasteiger partial charge in [-0.1, -0.05) is 6.92 Å². The lowest BCUT2D eigenvalue weighted by molar-refractivity contribution is -0.142. The van der Waals surface area contributed by atoms with Crippen LogP contribution in [-0.2, 0) is 16.0 Å². The van der Waals surface area contributed by atoms with E-state index in [1.807, 2.05) is 0 Å². The second-order valence-corrected chi connectivity index (χ2v) is 4.62. The SMILES string of the molecule is CCOC(=O)Cc1c(N)nc(C2CC2C)[nH]c1=O. The number of rotatable bonds is 4. The number of hydrogen-bond acceptors (Lipinski definition) is 5. The molecule has 1 heterocycles. The number of carbonyl (C=O) groups is 1. The molecule has 0 aromatic carbocycles. The Morgan fingerprint density at radius 1 is 1.61 bits per heavy atom. The molecule has 2 rings (SSSR count). The Labute approximate surface area is 105 Å². The molecule has 1 aliphatic carbocycles. The first kappa shape index (κ1) is 12.6. The van der Waals surface area contributed by atoms with Gasteiger partial charge in [0.1, 0.15) is 11.6 Å². The van der Waals surface area contributed by atoms with Crippen molar-refractivity contribution < 1.29 is 9.53 Å². The summed E-state index contributed by atoms with van der Waals surface area (Å²) in [5, 5.41) is 0. The normalized spacial score (nSPS) is 21.7. The van der Waals surface area contributed by atoms with Gasteiger partial charge >= 0.3 is 5.97 Å². The van der Waals surface area contributed by atoms with Crippen LogP contribution < -0.4 is 11.3 Å². The summed E-state index contributed by atoms with van der Waals surface area (Å²) in [6.45, 7) is 4.08. The highest BCUT2D eigenvalue weighted by Gasteiger charge is 2.36. The topological polar surface area (TPSA) is 98.1 Å². The van der Waals surface area contributed by atoms with Crippen molar-refractivity contribution in [1.82, 2.24) is 9.97 Å². The molecule has 0 saturated heterocycles. The van der Waals surface area contributed by atoms with Gasteiger partial charge in [0.15, 0.2) is 0 Å². The average molecular weight is 251 g/mol. The molecule has 0 bridgehead atoms. The maximum Gasteiger partial charge on any atom is 0.310 e. The molecule has 2 unspecified atom stereocenters. The molecule has 1 fully saturated rings. The van der Waals surface area contributed by atoms with E-state index in [1.165, 1.54) is 0 Å². The Bertz CT molecular complexity index is 524. The predicted octanol–water partition coefficient (Wildman–Crippen LogP) is 0.581. The Morgan fingerprint density at radius 3 is 2.78 bits per heavy atom. The third-order valence-corrected chi connectivity index (χ3v) is 3.15. The van der Waals surface area contributed by atoms with Crippen LogP contribution in [-0.4, -0.2) is 22.5 Å². The standard InChI is InChI=1S/C12H17N3O3/c1-3-18-9(16)5-8-10(13)14-11(15-12(8)17)7-4-6(7)2/h6-7H,3-5H2,1-2H3,(H3,13,14,15,17). The number of anilines is 1. The summed E-state index contributed by atoms with van der Waals surface area (Å²) in [5.74, 6) is 1.10. The quantitative estimate of drug-likeness (QED) is 0.763. The molecule has 0 spiro atoms. The number of nitrogens with one attached hydrogen (secondary N) is 1. The van der Waals surface area contributed by atoms with Gasteiger partial charge in [0.05, 0.1) is 18.6 Å². The molecule has 2 atom stereocenters. The predicted molar refractivity (Wildman–Crippen MR) is 66.1 cm³/mol. The van der Waals surface area contributed by atoms with Crippen LogP contribution in [0.25, 0.3) is 0 Å². The molecule has 1 aromatic heterocycles. The van der Waals surface area contributed by atoms with Crippen molar-refractivity contribution in [2.75, 3.05) is 12.3 Å². The number of aromatic amines is 1. The number of nitrogens with zero attached hydrogens (tertiary/aromatic N) is 1. The molecule has 1 aromatic rings. The van der Waals surface area contributed by atoms with Crippen molar-refractivity contribution in [2.24, 2.45) is 5.92 Å². The number of esters is 1. The summed E-state index contributed by atoms with van der Waals surface area (Å²) in [6.07, 6.45) is 0.877. The molecule has 3 N–H and O–H groups in total. The van der Waals surface area contributed by atoms with E-state index in [2.05, 4.69) is 16.9 Å². The van der Waals surface area contributed by atoms with Crippen molar-refractivity contribution in [3.05, 3.63) is 21.7 Å². The molecule has 0 aliphatic heterocycles. The van der Waals surface area contributed by atoms with Crippen LogP contribution in [0.4, 0.5) is 5.82 Å². The van der Waals surface area contributed by atoms with E-state index in [0.29, 0.717) is 11.7 Å². The summed E-state index contributed by atoms with van der Waals surface area (Å²) >= 11 is 0. The van der Waals surface area contributed by atoms with Gasteiger partial charge in [-0.2, -0.15) is 0 Å². The van der Waals surface area contributed by atoms with Gasteiger partial charge in [-0.15, -0.1) is 0 Å². The lowest BCUT2D eigenvalue weighted by atomic mass is 10.2. The Balaban J connectivity index is 2.22. The Kier molecular flexibility index (Phi) is 3.36. The van der Waals surface area contributed by atoms with E-state index >= 15 is 0 Å². The molecular formula is C12H17N3O3. The summed E-state index contributed by atoms with van der Waals surface area (Å²) in [5.41, 5.74) is 5.58. The van der Waals surface area contributed by atoms with E-state index in [0.717, 1.165) is 6.42 Å². The number of nitrogens with two attached hydrogens (primary N) is 1. The fraction of sp³-hybridized carbons (Fsp3) is 0.583. The zero-order valence-corrected chi connectivity index (χ0v) is 10.5. The molecule has 18 heavy (non-hydrogen) atoms. The van der Waals surface area contributed by atoms with E-state index in [-0.39, 0.29) is 35.9 Å². The highest BCUT2D eigenvalue weighted by molar-refractivity contribution is 5.74. The van der Waals surface area contributed by atoms with Crippen molar-refractivity contribution in [3.63, 3.8) is 0 Å². The molecule has 0 radical (unpaired) electrons. The fourth-order valence-electron chi connectivity index (χ4n) is 1.94. The number of carbonyl (C=O) groups excluding carboxylic acids is 1. The number of H-pyrrole nitrogens is 1. The second kappa shape index (κ2) is 4.80. The van der Waals surface area contributed by atoms with Crippen molar-refractivity contribution >= 4 is 11.8 Å². The molecule has 6 nitrogen and oxygen atoms in total. The van der Waals surface area contributed by atoms with Crippen LogP contribution in [0.3, 0.4) is 0 Å². The molecular weight excluding hydrogens is 234 g/mol. The number of nitrogen functional groups attached to an aromatic ring is 1. The molecule has 1 aliphatic rings. The molecule has 98 valence electrons. The van der Waals surface area contributed by atoms with Gasteiger partial charge in [-0.3, -0.25) is 9.59 Å². The summed E-state index contributed by atoms with van der Waals surface area (Å²) in [6, 6.07) is 0. The minimum absolute atomic E-state index is 0.126. The van der Waals surface area contributed by atoms with E-state index in [9.17, 15) is 9.59 Å². The highest BCUT2D eigenvalue weighted by Crippen LogP contribution is 2.45. The van der Waals surface area contributed by atoms with Gasteiger partial charge < -0.3 is 15.5 Å². The Morgan fingerprint density at radius 2 is 2.28 bits per heavy atom. The van der Waals surface area contributed by atoms with Gasteiger partial charge in [0.2, 0.25) is 0 Å². The van der Waals surface area contributed by atoms with Gasteiger partial charge in [0, 0.05) is 5.92 Å². The molecule has 0 amide bonds. The third kappa shape index (κ3) is 2.52. The molecule has 6 heteroatoms. The van der Waals surface area contributed by atoms with Gasteiger partial charge in [0.25, 0.3) is 5.56 Å². The van der Waals surface area contributed by atoms with Gasteiger partial charge in [-0.25, -0.2) is 4.98 Å². The van der Waals surface area contributed by atoms with Crippen LogP contribution in [0, 0.1) is 5.92 Å². The number of ether oxygens (including phenoxy) is 1. The summed E-state index contributed by atoms with van der Waals surface area (Å²) in [7, 11) is 0. The monoisotopic (exact) mass is 251 g/mol. The van der Waals surface area contributed by atoms with Crippen LogP contribution in [0.2, 0.25) is 0 Å². The van der Waals surface area contributed by atoms with Crippen LogP contribution in [0.15, 0.2) is 4.79 Å². The number of hydrogen-bond donors (Lipinski definition) is 2. The average Bonchev–Trinajstić information content (AvgIpc) is 3.01.